The molecule has 9 heteroatoms. The van der Waals surface area contributed by atoms with Crippen LogP contribution in [0.4, 0.5) is 19.0 Å². The fourth-order valence-corrected chi connectivity index (χ4v) is 0.998. The van der Waals surface area contributed by atoms with Crippen LogP contribution in [0.15, 0.2) is 12.3 Å². The number of methoxy groups -OCH3 is 1. The van der Waals surface area contributed by atoms with Crippen molar-refractivity contribution >= 4 is 17.7 Å². The van der Waals surface area contributed by atoms with Gasteiger partial charge in [0.2, 0.25) is 0 Å². The molecule has 0 saturated carbocycles. The van der Waals surface area contributed by atoms with Crippen molar-refractivity contribution in [2.75, 3.05) is 12.4 Å². The molecule has 0 bridgehead atoms. The molecular formula is C9H7F3N2O4. The summed E-state index contributed by atoms with van der Waals surface area (Å²) in [6.45, 7) is 0. The third-order valence-electron chi connectivity index (χ3n) is 1.82. The van der Waals surface area contributed by atoms with E-state index in [4.69, 9.17) is 5.11 Å². The molecule has 0 spiro atoms. The molecule has 0 saturated heterocycles. The fraction of sp³-hybridized carbons (Fsp3) is 0.222. The van der Waals surface area contributed by atoms with Crippen LogP contribution in [0.25, 0.3) is 0 Å². The summed E-state index contributed by atoms with van der Waals surface area (Å²) in [5, 5.41) is 10.1. The molecule has 0 aliphatic rings. The lowest BCUT2D eigenvalue weighted by molar-refractivity contribution is -0.167. The Morgan fingerprint density at radius 1 is 1.44 bits per heavy atom. The maximum absolute atomic E-state index is 12.0. The number of aromatic carboxylic acids is 1. The predicted molar refractivity (Wildman–Crippen MR) is 52.4 cm³/mol. The van der Waals surface area contributed by atoms with Crippen molar-refractivity contribution in [1.82, 2.24) is 4.98 Å². The molecule has 0 atom stereocenters. The molecule has 0 fully saturated rings. The van der Waals surface area contributed by atoms with Gasteiger partial charge >= 0.3 is 18.1 Å². The second-order valence-electron chi connectivity index (χ2n) is 3.03. The van der Waals surface area contributed by atoms with Gasteiger partial charge < -0.3 is 15.2 Å². The SMILES string of the molecule is COc1cnc(NC(=O)C(F)(F)F)c(C(=O)O)c1. The molecule has 0 radical (unpaired) electrons. The lowest BCUT2D eigenvalue weighted by Crippen LogP contribution is -2.31. The van der Waals surface area contributed by atoms with Crippen LogP contribution in [0.3, 0.4) is 0 Å². The number of ether oxygens (including phenoxy) is 1. The van der Waals surface area contributed by atoms with E-state index in [0.717, 1.165) is 12.3 Å². The molecule has 0 aromatic carbocycles. The monoisotopic (exact) mass is 264 g/mol. The number of anilines is 1. The van der Waals surface area contributed by atoms with Gasteiger partial charge in [0.1, 0.15) is 17.1 Å². The quantitative estimate of drug-likeness (QED) is 0.858. The van der Waals surface area contributed by atoms with Crippen LogP contribution in [0.2, 0.25) is 0 Å². The zero-order valence-electron chi connectivity index (χ0n) is 8.91. The number of alkyl halides is 3. The summed E-state index contributed by atoms with van der Waals surface area (Å²) in [5.74, 6) is -4.51. The van der Waals surface area contributed by atoms with Gasteiger partial charge in [-0.1, -0.05) is 0 Å². The second-order valence-corrected chi connectivity index (χ2v) is 3.03. The summed E-state index contributed by atoms with van der Waals surface area (Å²) in [6.07, 6.45) is -4.14. The molecule has 1 aromatic rings. The number of amides is 1. The molecule has 0 aliphatic heterocycles. The smallest absolute Gasteiger partial charge is 0.471 e. The number of halogens is 3. The Morgan fingerprint density at radius 3 is 2.50 bits per heavy atom. The first kappa shape index (κ1) is 13.7. The predicted octanol–water partition coefficient (Wildman–Crippen LogP) is 1.29. The fourth-order valence-electron chi connectivity index (χ4n) is 0.998. The van der Waals surface area contributed by atoms with Crippen LogP contribution in [-0.2, 0) is 4.79 Å². The molecule has 1 amide bonds. The summed E-state index contributed by atoms with van der Waals surface area (Å²) in [6, 6.07) is 0.946. The van der Waals surface area contributed by atoms with Gasteiger partial charge in [-0.15, -0.1) is 0 Å². The van der Waals surface area contributed by atoms with Crippen LogP contribution >= 0.6 is 0 Å². The first-order chi connectivity index (χ1) is 8.25. The number of nitrogens with zero attached hydrogens (tertiary/aromatic N) is 1. The zero-order chi connectivity index (χ0) is 13.9. The molecular weight excluding hydrogens is 257 g/mol. The van der Waals surface area contributed by atoms with Crippen LogP contribution < -0.4 is 10.1 Å². The summed E-state index contributed by atoms with van der Waals surface area (Å²) in [7, 11) is 1.23. The van der Waals surface area contributed by atoms with Crippen molar-refractivity contribution < 1.29 is 32.6 Å². The third-order valence-corrected chi connectivity index (χ3v) is 1.82. The van der Waals surface area contributed by atoms with Crippen molar-refractivity contribution in [2.45, 2.75) is 6.18 Å². The molecule has 1 rings (SSSR count). The third kappa shape index (κ3) is 3.09. The first-order valence-electron chi connectivity index (χ1n) is 4.41. The first-order valence-corrected chi connectivity index (χ1v) is 4.41. The van der Waals surface area contributed by atoms with E-state index in [2.05, 4.69) is 9.72 Å². The number of hydrogen-bond acceptors (Lipinski definition) is 4. The minimum atomic E-state index is -5.13. The van der Waals surface area contributed by atoms with Gasteiger partial charge in [-0.2, -0.15) is 13.2 Å². The van der Waals surface area contributed by atoms with Gasteiger partial charge in [0.05, 0.1) is 13.3 Å². The average molecular weight is 264 g/mol. The van der Waals surface area contributed by atoms with E-state index in [1.165, 1.54) is 12.4 Å². The van der Waals surface area contributed by atoms with Gasteiger partial charge in [-0.3, -0.25) is 4.79 Å². The Hall–Kier alpha value is -2.32. The van der Waals surface area contributed by atoms with Crippen molar-refractivity contribution in [3.05, 3.63) is 17.8 Å². The molecule has 6 nitrogen and oxygen atoms in total. The van der Waals surface area contributed by atoms with E-state index in [1.807, 2.05) is 0 Å². The van der Waals surface area contributed by atoms with Gasteiger partial charge in [-0.05, 0) is 6.07 Å². The number of hydrogen-bond donors (Lipinski definition) is 2. The van der Waals surface area contributed by atoms with Crippen molar-refractivity contribution in [3.63, 3.8) is 0 Å². The summed E-state index contributed by atoms with van der Waals surface area (Å²) >= 11 is 0. The number of aromatic nitrogens is 1. The summed E-state index contributed by atoms with van der Waals surface area (Å²) in [5.41, 5.74) is -0.605. The highest BCUT2D eigenvalue weighted by Gasteiger charge is 2.39. The molecule has 2 N–H and O–H groups in total. The maximum Gasteiger partial charge on any atom is 0.471 e. The normalized spacial score (nSPS) is 10.9. The number of nitrogens with one attached hydrogen (secondary N) is 1. The topological polar surface area (TPSA) is 88.5 Å². The van der Waals surface area contributed by atoms with Crippen molar-refractivity contribution in [3.8, 4) is 5.75 Å². The van der Waals surface area contributed by atoms with Crippen molar-refractivity contribution in [2.24, 2.45) is 0 Å². The van der Waals surface area contributed by atoms with E-state index in [1.54, 1.807) is 0 Å². The largest absolute Gasteiger partial charge is 0.495 e. The Kier molecular flexibility index (Phi) is 3.74. The molecule has 0 aliphatic carbocycles. The molecule has 0 unspecified atom stereocenters. The average Bonchev–Trinajstić information content (AvgIpc) is 2.27. The number of pyridine rings is 1. The van der Waals surface area contributed by atoms with Crippen LogP contribution in [-0.4, -0.2) is 35.3 Å². The molecule has 1 heterocycles. The van der Waals surface area contributed by atoms with Crippen LogP contribution in [0, 0.1) is 0 Å². The van der Waals surface area contributed by atoms with Gasteiger partial charge in [0, 0.05) is 0 Å². The second kappa shape index (κ2) is 4.90. The summed E-state index contributed by atoms with van der Waals surface area (Å²) in [4.78, 5) is 24.8. The highest BCUT2D eigenvalue weighted by atomic mass is 19.4. The lowest BCUT2D eigenvalue weighted by Gasteiger charge is -2.10. The Labute approximate surface area is 98.4 Å². The molecule has 1 aromatic heterocycles. The molecule has 18 heavy (non-hydrogen) atoms. The minimum absolute atomic E-state index is 0.0393. The maximum atomic E-state index is 12.0. The number of rotatable bonds is 3. The van der Waals surface area contributed by atoms with Crippen LogP contribution in [0.5, 0.6) is 5.75 Å². The van der Waals surface area contributed by atoms with Crippen molar-refractivity contribution in [1.29, 1.82) is 0 Å². The number of carboxylic acids is 1. The van der Waals surface area contributed by atoms with Gasteiger partial charge in [0.25, 0.3) is 0 Å². The van der Waals surface area contributed by atoms with Gasteiger partial charge in [0.15, 0.2) is 0 Å². The van der Waals surface area contributed by atoms with Gasteiger partial charge in [-0.25, -0.2) is 9.78 Å². The highest BCUT2D eigenvalue weighted by Crippen LogP contribution is 2.22. The van der Waals surface area contributed by atoms with E-state index in [-0.39, 0.29) is 5.75 Å². The molecule has 98 valence electrons. The number of carbonyl (C=O) groups is 2. The Balaban J connectivity index is 3.09. The van der Waals surface area contributed by atoms with E-state index < -0.39 is 29.4 Å². The van der Waals surface area contributed by atoms with E-state index in [0.29, 0.717) is 0 Å². The highest BCUT2D eigenvalue weighted by molar-refractivity contribution is 6.01. The minimum Gasteiger partial charge on any atom is -0.495 e. The number of carbonyl (C=O) groups excluding carboxylic acids is 1. The lowest BCUT2D eigenvalue weighted by atomic mass is 10.2. The van der Waals surface area contributed by atoms with E-state index in [9.17, 15) is 22.8 Å². The Morgan fingerprint density at radius 2 is 2.06 bits per heavy atom. The van der Waals surface area contributed by atoms with E-state index >= 15 is 0 Å². The standard InChI is InChI=1S/C9H7F3N2O4/c1-18-4-2-5(7(15)16)6(13-3-4)14-8(17)9(10,11)12/h2-3H,1H3,(H,15,16)(H,13,14,17). The summed E-state index contributed by atoms with van der Waals surface area (Å²) < 4.78 is 40.7. The number of carboxylic acid groups (broad SMARTS) is 1. The zero-order valence-corrected chi connectivity index (χ0v) is 8.91. The van der Waals surface area contributed by atoms with Crippen LogP contribution in [0.1, 0.15) is 10.4 Å². The Bertz CT molecular complexity index is 487.